The molecule has 0 saturated carbocycles. The summed E-state index contributed by atoms with van der Waals surface area (Å²) >= 11 is 0. The molecular weight excluding hydrogens is 332 g/mol. The Hall–Kier alpha value is -3.79. The first-order valence-corrected chi connectivity index (χ1v) is 8.83. The van der Waals surface area contributed by atoms with Gasteiger partial charge in [0.25, 0.3) is 0 Å². The zero-order valence-corrected chi connectivity index (χ0v) is 14.5. The van der Waals surface area contributed by atoms with Gasteiger partial charge in [-0.2, -0.15) is 0 Å². The zero-order chi connectivity index (χ0) is 18.1. The standard InChI is InChI=1S/C23H16N4/c1-4-10-17(11-5-1)16-20-21(18-12-6-2-7-13-18)25-27-23(20)24-22(26-27)19-14-8-3-9-15-19/h1-16H. The van der Waals surface area contributed by atoms with E-state index >= 15 is 0 Å². The lowest BCUT2D eigenvalue weighted by atomic mass is 10.1. The SMILES string of the molecule is C(c1ccccc1)=c1c(-c2ccccc2)nn2nc(-c3ccccc3)nc12. The predicted octanol–water partition coefficient (Wildman–Crippen LogP) is 4.01. The summed E-state index contributed by atoms with van der Waals surface area (Å²) in [7, 11) is 0. The molecule has 0 radical (unpaired) electrons. The summed E-state index contributed by atoms with van der Waals surface area (Å²) in [5.74, 6) is 0.681. The Kier molecular flexibility index (Phi) is 3.72. The van der Waals surface area contributed by atoms with Crippen LogP contribution in [0.4, 0.5) is 0 Å². The van der Waals surface area contributed by atoms with Crippen molar-refractivity contribution in [1.82, 2.24) is 19.8 Å². The van der Waals surface area contributed by atoms with Gasteiger partial charge in [0.2, 0.25) is 0 Å². The Morgan fingerprint density at radius 1 is 0.630 bits per heavy atom. The lowest BCUT2D eigenvalue weighted by Crippen LogP contribution is -2.04. The first-order chi connectivity index (χ1) is 13.4. The van der Waals surface area contributed by atoms with E-state index in [-0.39, 0.29) is 0 Å². The fraction of sp³-hybridized carbons (Fsp3) is 0. The van der Waals surface area contributed by atoms with Crippen LogP contribution in [-0.4, -0.2) is 19.8 Å². The van der Waals surface area contributed by atoms with Gasteiger partial charge in [-0.15, -0.1) is 14.8 Å². The van der Waals surface area contributed by atoms with E-state index in [1.807, 2.05) is 66.7 Å². The van der Waals surface area contributed by atoms with E-state index in [0.717, 1.165) is 33.3 Å². The molecule has 0 aliphatic heterocycles. The predicted molar refractivity (Wildman–Crippen MR) is 107 cm³/mol. The van der Waals surface area contributed by atoms with E-state index in [1.165, 1.54) is 0 Å². The van der Waals surface area contributed by atoms with E-state index in [2.05, 4.69) is 35.4 Å². The molecule has 0 saturated heterocycles. The third-order valence-corrected chi connectivity index (χ3v) is 4.47. The van der Waals surface area contributed by atoms with E-state index in [9.17, 15) is 0 Å². The Morgan fingerprint density at radius 2 is 1.22 bits per heavy atom. The molecule has 0 atom stereocenters. The van der Waals surface area contributed by atoms with E-state index in [1.54, 1.807) is 4.63 Å². The van der Waals surface area contributed by atoms with Gasteiger partial charge in [0, 0.05) is 16.3 Å². The fourth-order valence-corrected chi connectivity index (χ4v) is 3.16. The van der Waals surface area contributed by atoms with Crippen LogP contribution < -0.4 is 5.22 Å². The number of benzene rings is 3. The Balaban J connectivity index is 1.77. The van der Waals surface area contributed by atoms with Crippen molar-refractivity contribution in [3.63, 3.8) is 0 Å². The number of aromatic nitrogens is 4. The first-order valence-electron chi connectivity index (χ1n) is 8.83. The fourth-order valence-electron chi connectivity index (χ4n) is 3.16. The van der Waals surface area contributed by atoms with Gasteiger partial charge in [-0.25, -0.2) is 4.98 Å². The van der Waals surface area contributed by atoms with Gasteiger partial charge >= 0.3 is 0 Å². The minimum atomic E-state index is 0.681. The number of hydrogen-bond acceptors (Lipinski definition) is 3. The molecule has 5 rings (SSSR count). The molecule has 2 aromatic heterocycles. The van der Waals surface area contributed by atoms with Crippen molar-refractivity contribution < 1.29 is 0 Å². The van der Waals surface area contributed by atoms with Crippen LogP contribution in [0.3, 0.4) is 0 Å². The lowest BCUT2D eigenvalue weighted by molar-refractivity contribution is 0.828. The van der Waals surface area contributed by atoms with Crippen molar-refractivity contribution in [3.8, 4) is 22.6 Å². The van der Waals surface area contributed by atoms with Crippen molar-refractivity contribution in [1.29, 1.82) is 0 Å². The van der Waals surface area contributed by atoms with Crippen LogP contribution in [0.1, 0.15) is 5.56 Å². The van der Waals surface area contributed by atoms with Crippen molar-refractivity contribution in [3.05, 3.63) is 102 Å². The molecule has 4 heteroatoms. The third kappa shape index (κ3) is 2.87. The van der Waals surface area contributed by atoms with Crippen LogP contribution in [0.5, 0.6) is 0 Å². The summed E-state index contributed by atoms with van der Waals surface area (Å²) in [5.41, 5.74) is 4.78. The Morgan fingerprint density at radius 3 is 1.89 bits per heavy atom. The molecule has 5 aromatic rings. The number of fused-ring (bicyclic) bond motifs is 1. The van der Waals surface area contributed by atoms with Gasteiger partial charge in [0.05, 0.1) is 0 Å². The Labute approximate surface area is 156 Å². The van der Waals surface area contributed by atoms with Gasteiger partial charge in [0.1, 0.15) is 5.69 Å². The maximum absolute atomic E-state index is 4.78. The molecule has 0 unspecified atom stereocenters. The smallest absolute Gasteiger partial charge is 0.186 e. The van der Waals surface area contributed by atoms with Crippen molar-refractivity contribution in [2.75, 3.05) is 0 Å². The van der Waals surface area contributed by atoms with E-state index in [4.69, 9.17) is 10.1 Å². The van der Waals surface area contributed by atoms with Crippen LogP contribution >= 0.6 is 0 Å². The maximum atomic E-state index is 4.78. The molecular formula is C23H16N4. The summed E-state index contributed by atoms with van der Waals surface area (Å²) in [5, 5.41) is 10.3. The molecule has 0 fully saturated rings. The molecule has 0 spiro atoms. The van der Waals surface area contributed by atoms with Crippen LogP contribution in [0.15, 0.2) is 91.0 Å². The molecule has 2 heterocycles. The third-order valence-electron chi connectivity index (χ3n) is 4.47. The quantitative estimate of drug-likeness (QED) is 0.495. The maximum Gasteiger partial charge on any atom is 0.186 e. The Bertz CT molecular complexity index is 1240. The van der Waals surface area contributed by atoms with Gasteiger partial charge in [0.15, 0.2) is 11.5 Å². The molecule has 0 aliphatic rings. The monoisotopic (exact) mass is 348 g/mol. The highest BCUT2D eigenvalue weighted by Gasteiger charge is 2.15. The molecule has 128 valence electrons. The van der Waals surface area contributed by atoms with Gasteiger partial charge < -0.3 is 0 Å². The molecule has 27 heavy (non-hydrogen) atoms. The van der Waals surface area contributed by atoms with E-state index < -0.39 is 0 Å². The number of nitrogens with zero attached hydrogens (tertiary/aromatic N) is 4. The number of rotatable bonds is 3. The summed E-state index contributed by atoms with van der Waals surface area (Å²) in [6.45, 7) is 0. The van der Waals surface area contributed by atoms with Gasteiger partial charge in [-0.3, -0.25) is 0 Å². The van der Waals surface area contributed by atoms with Crippen LogP contribution in [0.25, 0.3) is 34.4 Å². The molecule has 0 bridgehead atoms. The highest BCUT2D eigenvalue weighted by Crippen LogP contribution is 2.18. The molecule has 3 aromatic carbocycles. The van der Waals surface area contributed by atoms with Crippen molar-refractivity contribution in [2.45, 2.75) is 0 Å². The molecule has 4 nitrogen and oxygen atoms in total. The lowest BCUT2D eigenvalue weighted by Gasteiger charge is -1.97. The van der Waals surface area contributed by atoms with Crippen molar-refractivity contribution in [2.24, 2.45) is 0 Å². The van der Waals surface area contributed by atoms with Gasteiger partial charge in [-0.1, -0.05) is 91.0 Å². The molecule has 0 aliphatic carbocycles. The average Bonchev–Trinajstić information content (AvgIpc) is 3.30. The first kappa shape index (κ1) is 15.5. The minimum absolute atomic E-state index is 0.681. The summed E-state index contributed by atoms with van der Waals surface area (Å²) in [6.07, 6.45) is 2.12. The zero-order valence-electron chi connectivity index (χ0n) is 14.5. The average molecular weight is 348 g/mol. The summed E-state index contributed by atoms with van der Waals surface area (Å²) in [6, 6.07) is 30.3. The molecule has 0 amide bonds. The van der Waals surface area contributed by atoms with E-state index in [0.29, 0.717) is 5.82 Å². The van der Waals surface area contributed by atoms with Crippen molar-refractivity contribution >= 4 is 11.7 Å². The van der Waals surface area contributed by atoms with Crippen LogP contribution in [0.2, 0.25) is 0 Å². The number of hydrogen-bond donors (Lipinski definition) is 0. The summed E-state index contributed by atoms with van der Waals surface area (Å²) < 4.78 is 1.64. The summed E-state index contributed by atoms with van der Waals surface area (Å²) in [4.78, 5) is 4.78. The normalized spacial score (nSPS) is 11.9. The second-order valence-electron chi connectivity index (χ2n) is 6.30. The van der Waals surface area contributed by atoms with Gasteiger partial charge in [-0.05, 0) is 11.6 Å². The largest absolute Gasteiger partial charge is 0.204 e. The topological polar surface area (TPSA) is 43.1 Å². The second-order valence-corrected chi connectivity index (χ2v) is 6.30. The van der Waals surface area contributed by atoms with Crippen LogP contribution in [-0.2, 0) is 0 Å². The highest BCUT2D eigenvalue weighted by atomic mass is 15.5. The highest BCUT2D eigenvalue weighted by molar-refractivity contribution is 5.71. The molecule has 0 N–H and O–H groups in total. The second kappa shape index (κ2) is 6.50. The minimum Gasteiger partial charge on any atom is -0.204 e. The van der Waals surface area contributed by atoms with Crippen LogP contribution in [0, 0.1) is 0 Å².